The first-order chi connectivity index (χ1) is 4.74. The number of rotatable bonds is 1. The van der Waals surface area contributed by atoms with Gasteiger partial charge in [0.15, 0.2) is 0 Å². The lowest BCUT2D eigenvalue weighted by atomic mass is 10.2. The smallest absolute Gasteiger partial charge is 0.146 e. The van der Waals surface area contributed by atoms with Gasteiger partial charge in [-0.15, -0.1) is 5.10 Å². The topological polar surface area (TPSA) is 51.8 Å². The maximum Gasteiger partial charge on any atom is 0.146 e. The van der Waals surface area contributed by atoms with E-state index >= 15 is 0 Å². The zero-order valence-corrected chi connectivity index (χ0v) is 6.26. The monoisotopic (exact) mass is 137 g/mol. The van der Waals surface area contributed by atoms with Crippen LogP contribution in [0.15, 0.2) is 6.07 Å². The van der Waals surface area contributed by atoms with Crippen LogP contribution in [0.2, 0.25) is 0 Å². The van der Waals surface area contributed by atoms with Gasteiger partial charge in [-0.25, -0.2) is 0 Å². The van der Waals surface area contributed by atoms with E-state index in [1.54, 1.807) is 0 Å². The van der Waals surface area contributed by atoms with E-state index < -0.39 is 0 Å². The van der Waals surface area contributed by atoms with Crippen LogP contribution in [0, 0.1) is 6.92 Å². The van der Waals surface area contributed by atoms with Gasteiger partial charge < -0.3 is 5.73 Å². The van der Waals surface area contributed by atoms with Gasteiger partial charge in [0.25, 0.3) is 0 Å². The zero-order valence-electron chi connectivity index (χ0n) is 6.26. The summed E-state index contributed by atoms with van der Waals surface area (Å²) in [5.74, 6) is 0.502. The minimum atomic E-state index is 0.502. The van der Waals surface area contributed by atoms with E-state index in [0.29, 0.717) is 5.82 Å². The number of hydrogen-bond acceptors (Lipinski definition) is 3. The first kappa shape index (κ1) is 6.99. The summed E-state index contributed by atoms with van der Waals surface area (Å²) in [4.78, 5) is 0. The van der Waals surface area contributed by atoms with Crippen LogP contribution in [0.1, 0.15) is 18.2 Å². The number of nitrogens with two attached hydrogens (primary N) is 1. The molecule has 0 atom stereocenters. The summed E-state index contributed by atoms with van der Waals surface area (Å²) in [6.07, 6.45) is 0.964. The normalized spacial score (nSPS) is 9.80. The Morgan fingerprint density at radius 3 is 2.70 bits per heavy atom. The fourth-order valence-corrected chi connectivity index (χ4v) is 0.867. The number of anilines is 1. The van der Waals surface area contributed by atoms with Crippen LogP contribution < -0.4 is 5.73 Å². The highest BCUT2D eigenvalue weighted by molar-refractivity contribution is 5.32. The summed E-state index contributed by atoms with van der Waals surface area (Å²) in [7, 11) is 0. The third kappa shape index (κ3) is 1.23. The van der Waals surface area contributed by atoms with Gasteiger partial charge in [0, 0.05) is 0 Å². The van der Waals surface area contributed by atoms with Crippen molar-refractivity contribution >= 4 is 5.82 Å². The summed E-state index contributed by atoms with van der Waals surface area (Å²) in [5, 5.41) is 7.59. The summed E-state index contributed by atoms with van der Waals surface area (Å²) >= 11 is 0. The first-order valence-corrected chi connectivity index (χ1v) is 3.32. The third-order valence-electron chi connectivity index (χ3n) is 1.48. The van der Waals surface area contributed by atoms with Gasteiger partial charge in [-0.1, -0.05) is 6.92 Å². The van der Waals surface area contributed by atoms with E-state index in [-0.39, 0.29) is 0 Å². The maximum absolute atomic E-state index is 5.43. The molecule has 0 aromatic carbocycles. The molecular formula is C7H11N3. The molecule has 10 heavy (non-hydrogen) atoms. The van der Waals surface area contributed by atoms with Crippen LogP contribution in [-0.4, -0.2) is 10.2 Å². The minimum absolute atomic E-state index is 0.502. The van der Waals surface area contributed by atoms with Gasteiger partial charge in [0.1, 0.15) is 5.82 Å². The van der Waals surface area contributed by atoms with E-state index in [1.807, 2.05) is 13.0 Å². The molecule has 0 saturated heterocycles. The molecule has 54 valence electrons. The van der Waals surface area contributed by atoms with Crippen LogP contribution in [0.25, 0.3) is 0 Å². The number of hydrogen-bond donors (Lipinski definition) is 1. The van der Waals surface area contributed by atoms with Crippen molar-refractivity contribution in [1.82, 2.24) is 10.2 Å². The van der Waals surface area contributed by atoms with Crippen LogP contribution in [-0.2, 0) is 6.42 Å². The second-order valence-corrected chi connectivity index (χ2v) is 2.23. The molecule has 0 spiro atoms. The third-order valence-corrected chi connectivity index (χ3v) is 1.48. The number of aryl methyl sites for hydroxylation is 2. The van der Waals surface area contributed by atoms with Crippen LogP contribution in [0.4, 0.5) is 5.82 Å². The quantitative estimate of drug-likeness (QED) is 0.626. The highest BCUT2D eigenvalue weighted by Gasteiger charge is 1.96. The molecule has 0 fully saturated rings. The average Bonchev–Trinajstić information content (AvgIpc) is 1.94. The first-order valence-electron chi connectivity index (χ1n) is 3.32. The molecule has 1 aromatic heterocycles. The Bertz CT molecular complexity index is 232. The Kier molecular flexibility index (Phi) is 1.85. The maximum atomic E-state index is 5.43. The lowest BCUT2D eigenvalue weighted by Crippen LogP contribution is -1.98. The van der Waals surface area contributed by atoms with Crippen molar-refractivity contribution in [2.24, 2.45) is 0 Å². The van der Waals surface area contributed by atoms with Crippen molar-refractivity contribution in [1.29, 1.82) is 0 Å². The van der Waals surface area contributed by atoms with E-state index in [1.165, 1.54) is 5.56 Å². The average molecular weight is 137 g/mol. The molecule has 3 nitrogen and oxygen atoms in total. The highest BCUT2D eigenvalue weighted by Crippen LogP contribution is 2.06. The molecule has 0 aliphatic rings. The SMILES string of the molecule is CCc1cc(N)nnc1C. The van der Waals surface area contributed by atoms with Gasteiger partial charge in [-0.3, -0.25) is 0 Å². The van der Waals surface area contributed by atoms with E-state index in [2.05, 4.69) is 17.1 Å². The van der Waals surface area contributed by atoms with Gasteiger partial charge >= 0.3 is 0 Å². The predicted molar refractivity (Wildman–Crippen MR) is 40.6 cm³/mol. The van der Waals surface area contributed by atoms with E-state index in [9.17, 15) is 0 Å². The Morgan fingerprint density at radius 2 is 2.20 bits per heavy atom. The predicted octanol–water partition coefficient (Wildman–Crippen LogP) is 0.930. The molecule has 0 aliphatic heterocycles. The number of nitrogen functional groups attached to an aromatic ring is 1. The molecule has 0 radical (unpaired) electrons. The summed E-state index contributed by atoms with van der Waals surface area (Å²) in [6.45, 7) is 4.01. The second kappa shape index (κ2) is 2.64. The molecule has 0 amide bonds. The van der Waals surface area contributed by atoms with Crippen LogP contribution in [0.3, 0.4) is 0 Å². The van der Waals surface area contributed by atoms with Gasteiger partial charge in [0.05, 0.1) is 5.69 Å². The lowest BCUT2D eigenvalue weighted by Gasteiger charge is -1.99. The van der Waals surface area contributed by atoms with Crippen molar-refractivity contribution in [3.63, 3.8) is 0 Å². The van der Waals surface area contributed by atoms with Crippen molar-refractivity contribution in [3.05, 3.63) is 17.3 Å². The van der Waals surface area contributed by atoms with Crippen LogP contribution >= 0.6 is 0 Å². The molecule has 1 aromatic rings. The van der Waals surface area contributed by atoms with Gasteiger partial charge in [0.2, 0.25) is 0 Å². The summed E-state index contributed by atoms with van der Waals surface area (Å²) < 4.78 is 0. The van der Waals surface area contributed by atoms with E-state index in [0.717, 1.165) is 12.1 Å². The number of aromatic nitrogens is 2. The minimum Gasteiger partial charge on any atom is -0.382 e. The highest BCUT2D eigenvalue weighted by atomic mass is 15.1. The zero-order chi connectivity index (χ0) is 7.56. The molecule has 0 bridgehead atoms. The van der Waals surface area contributed by atoms with Crippen LogP contribution in [0.5, 0.6) is 0 Å². The second-order valence-electron chi connectivity index (χ2n) is 2.23. The Balaban J connectivity index is 3.09. The summed E-state index contributed by atoms with van der Waals surface area (Å²) in [6, 6.07) is 1.86. The molecule has 1 heterocycles. The fraction of sp³-hybridized carbons (Fsp3) is 0.429. The van der Waals surface area contributed by atoms with Crippen molar-refractivity contribution in [2.75, 3.05) is 5.73 Å². The number of nitrogens with zero attached hydrogens (tertiary/aromatic N) is 2. The largest absolute Gasteiger partial charge is 0.382 e. The van der Waals surface area contributed by atoms with Crippen molar-refractivity contribution in [2.45, 2.75) is 20.3 Å². The molecule has 0 saturated carbocycles. The van der Waals surface area contributed by atoms with Crippen molar-refractivity contribution < 1.29 is 0 Å². The van der Waals surface area contributed by atoms with Gasteiger partial charge in [-0.05, 0) is 25.0 Å². The Hall–Kier alpha value is -1.12. The molecule has 2 N–H and O–H groups in total. The molecule has 1 rings (SSSR count). The molecule has 3 heteroatoms. The fourth-order valence-electron chi connectivity index (χ4n) is 0.867. The standard InChI is InChI=1S/C7H11N3/c1-3-6-4-7(8)10-9-5(6)2/h4H,3H2,1-2H3,(H2,8,10). The molecular weight excluding hydrogens is 126 g/mol. The molecule has 0 aliphatic carbocycles. The van der Waals surface area contributed by atoms with E-state index in [4.69, 9.17) is 5.73 Å². The molecule has 0 unspecified atom stereocenters. The Morgan fingerprint density at radius 1 is 1.50 bits per heavy atom. The Labute approximate surface area is 60.3 Å². The van der Waals surface area contributed by atoms with Gasteiger partial charge in [-0.2, -0.15) is 5.10 Å². The lowest BCUT2D eigenvalue weighted by molar-refractivity contribution is 0.940. The summed E-state index contributed by atoms with van der Waals surface area (Å²) in [5.41, 5.74) is 7.57. The van der Waals surface area contributed by atoms with Crippen molar-refractivity contribution in [3.8, 4) is 0 Å².